The predicted molar refractivity (Wildman–Crippen MR) is 461 cm³/mol. The minimum Gasteiger partial charge on any atom is -0.456 e. The molecule has 9 heteroatoms. The monoisotopic (exact) mass is 1460 g/mol. The van der Waals surface area contributed by atoms with E-state index in [0.29, 0.717) is 0 Å². The Labute approximate surface area is 648 Å². The summed E-state index contributed by atoms with van der Waals surface area (Å²) in [6.45, 7) is 0. The molecule has 26 rings (SSSR count). The van der Waals surface area contributed by atoms with Crippen LogP contribution in [0.4, 0.5) is 0 Å². The van der Waals surface area contributed by atoms with Crippen LogP contribution in [0.1, 0.15) is 44.5 Å². The number of ether oxygens (including phenoxy) is 2. The van der Waals surface area contributed by atoms with E-state index in [1.165, 1.54) is 82.6 Å². The molecular weight excluding hydrogens is 1400 g/mol. The molecule has 5 aromatic heterocycles. The van der Waals surface area contributed by atoms with Gasteiger partial charge in [0, 0.05) is 103 Å². The highest BCUT2D eigenvalue weighted by molar-refractivity contribution is 7.85. The zero-order chi connectivity index (χ0) is 74.0. The first kappa shape index (κ1) is 62.5. The van der Waals surface area contributed by atoms with Crippen LogP contribution < -0.4 is 25.4 Å². The highest BCUT2D eigenvalue weighted by atomic mass is 31.2. The van der Waals surface area contributed by atoms with E-state index in [0.717, 1.165) is 133 Å². The van der Waals surface area contributed by atoms with Gasteiger partial charge in [0.1, 0.15) is 22.7 Å². The SMILES string of the molecule is O=P(c1ccccc1)(c1ccccc1)c1ccc(-n2c3ccccc3c3ccc4c(c32)Oc2ccccc2C42c3ccccc3-n3c4ccccc4c4cccc2c43)cc1.c1ccc2c(c1)Oc1c(ccc3c4ccccc4n(-c4ccc5oc6ccccc6c5c4)c13)C21c2ccccc2-n2c3ccccc3c3cccc1c32. The number of furan rings is 1. The van der Waals surface area contributed by atoms with E-state index in [2.05, 4.69) is 328 Å². The van der Waals surface area contributed by atoms with Gasteiger partial charge in [0.25, 0.3) is 0 Å². The maximum Gasteiger partial charge on any atom is 0.171 e. The van der Waals surface area contributed by atoms with Crippen LogP contribution in [0.15, 0.2) is 387 Å². The molecule has 0 radical (unpaired) electrons. The molecule has 0 saturated heterocycles. The van der Waals surface area contributed by atoms with Crippen molar-refractivity contribution in [1.29, 1.82) is 0 Å². The maximum atomic E-state index is 15.4. The third-order valence-corrected chi connectivity index (χ3v) is 28.1. The Morgan fingerprint density at radius 3 is 1.08 bits per heavy atom. The lowest BCUT2D eigenvalue weighted by atomic mass is 9.61. The van der Waals surface area contributed by atoms with Crippen molar-refractivity contribution in [3.8, 4) is 45.7 Å². The molecule has 2 atom stereocenters. The quantitative estimate of drug-likeness (QED) is 0.161. The van der Waals surface area contributed by atoms with Crippen molar-refractivity contribution in [1.82, 2.24) is 18.3 Å². The fourth-order valence-corrected chi connectivity index (χ4v) is 23.2. The maximum absolute atomic E-state index is 15.4. The van der Waals surface area contributed by atoms with E-state index in [1.54, 1.807) is 0 Å². The lowest BCUT2D eigenvalue weighted by Gasteiger charge is -2.45. The Kier molecular flexibility index (Phi) is 12.8. The van der Waals surface area contributed by atoms with Gasteiger partial charge in [0.05, 0.1) is 66.3 Å². The molecule has 113 heavy (non-hydrogen) atoms. The average molecular weight is 1460 g/mol. The number of fused-ring (bicyclic) bond motifs is 33. The number of hydrogen-bond donors (Lipinski definition) is 0. The van der Waals surface area contributed by atoms with Crippen LogP contribution in [-0.4, -0.2) is 18.3 Å². The number of para-hydroxylation sites is 11. The summed E-state index contributed by atoms with van der Waals surface area (Å²) in [7, 11) is -3.17. The van der Waals surface area contributed by atoms with Crippen molar-refractivity contribution in [2.75, 3.05) is 0 Å². The number of rotatable bonds is 5. The van der Waals surface area contributed by atoms with E-state index >= 15 is 4.57 Å². The first-order valence-electron chi connectivity index (χ1n) is 38.6. The van der Waals surface area contributed by atoms with Gasteiger partial charge in [-0.05, 0) is 119 Å². The van der Waals surface area contributed by atoms with Crippen LogP contribution in [0.2, 0.25) is 0 Å². The van der Waals surface area contributed by atoms with Gasteiger partial charge < -0.3 is 36.7 Å². The molecule has 528 valence electrons. The molecule has 8 nitrogen and oxygen atoms in total. The summed E-state index contributed by atoms with van der Waals surface area (Å²) in [5.74, 6) is 3.43. The van der Waals surface area contributed by atoms with Crippen molar-refractivity contribution in [3.05, 3.63) is 427 Å². The Balaban J connectivity index is 0.000000129. The van der Waals surface area contributed by atoms with Crippen molar-refractivity contribution >= 4 is 132 Å². The van der Waals surface area contributed by atoms with Gasteiger partial charge in [0.2, 0.25) is 0 Å². The molecular formula is C104H63N4O4P. The Morgan fingerprint density at radius 2 is 0.584 bits per heavy atom. The van der Waals surface area contributed by atoms with Crippen LogP contribution in [0, 0.1) is 0 Å². The van der Waals surface area contributed by atoms with Crippen LogP contribution in [0.5, 0.6) is 23.0 Å². The summed E-state index contributed by atoms with van der Waals surface area (Å²) in [5.41, 5.74) is 23.4. The van der Waals surface area contributed by atoms with Gasteiger partial charge in [-0.15, -0.1) is 0 Å². The summed E-state index contributed by atoms with van der Waals surface area (Å²) in [4.78, 5) is 0. The summed E-state index contributed by atoms with van der Waals surface area (Å²) in [6, 6.07) is 136. The molecule has 4 aliphatic heterocycles. The number of hydrogen-bond acceptors (Lipinski definition) is 4. The van der Waals surface area contributed by atoms with Gasteiger partial charge in [-0.3, -0.25) is 0 Å². The molecule has 22 aromatic rings. The molecule has 9 heterocycles. The van der Waals surface area contributed by atoms with Crippen molar-refractivity contribution < 1.29 is 18.5 Å². The van der Waals surface area contributed by atoms with Gasteiger partial charge in [0.15, 0.2) is 18.6 Å². The lowest BCUT2D eigenvalue weighted by Crippen LogP contribution is -2.37. The van der Waals surface area contributed by atoms with Crippen LogP contribution in [-0.2, 0) is 15.4 Å². The minimum atomic E-state index is -3.17. The Morgan fingerprint density at radius 1 is 0.230 bits per heavy atom. The van der Waals surface area contributed by atoms with E-state index in [4.69, 9.17) is 13.9 Å². The van der Waals surface area contributed by atoms with E-state index in [1.807, 2.05) is 72.8 Å². The zero-order valence-electron chi connectivity index (χ0n) is 60.7. The third-order valence-electron chi connectivity index (χ3n) is 25.0. The Bertz CT molecular complexity index is 7890. The average Bonchev–Trinajstić information content (AvgIpc) is 1.63. The molecule has 0 saturated carbocycles. The summed E-state index contributed by atoms with van der Waals surface area (Å²) >= 11 is 0. The topological polar surface area (TPSA) is 68.4 Å². The van der Waals surface area contributed by atoms with Crippen molar-refractivity contribution in [3.63, 3.8) is 0 Å². The fraction of sp³-hybridized carbons (Fsp3) is 0.0192. The number of aromatic nitrogens is 4. The Hall–Kier alpha value is -14.4. The summed E-state index contributed by atoms with van der Waals surface area (Å²) < 4.78 is 46.0. The highest BCUT2D eigenvalue weighted by Gasteiger charge is 2.53. The first-order chi connectivity index (χ1) is 56.0. The van der Waals surface area contributed by atoms with Crippen LogP contribution in [0.25, 0.3) is 132 Å². The standard InChI is InChI=1S/C55H35N2O2P.C49H28N2O2/c58-60(37-16-3-1-4-17-37,38-18-5-2-6-19-38)39-32-30-36(31-33-39)56-48-26-11-7-21-41(48)43-34-35-47-54(53(43)56)59-51-29-14-10-24-45(51)55(47)44-23-9-13-28-50(44)57-49-27-12-8-20-40(49)42-22-15-25-46(55)52(42)57;1-6-19-40-31(13-1)34-25-26-39-48(47(34)50(40)29-24-27-44-35(28-29)32-14-3-9-22-43(32)52-44)53-45-23-10-5-17-37(45)49(39)36-16-4-8-21-42(36)51-41-20-7-2-12-30(41)33-15-11-18-38(49)46(33)51/h1-35H;1-28H. The van der Waals surface area contributed by atoms with E-state index < -0.39 is 18.0 Å². The fourth-order valence-electron chi connectivity index (χ4n) is 20.6. The highest BCUT2D eigenvalue weighted by Crippen LogP contribution is 2.65. The predicted octanol–water partition coefficient (Wildman–Crippen LogP) is 24.9. The second-order valence-corrected chi connectivity index (χ2v) is 33.1. The van der Waals surface area contributed by atoms with Crippen molar-refractivity contribution in [2.45, 2.75) is 10.8 Å². The van der Waals surface area contributed by atoms with E-state index in [-0.39, 0.29) is 0 Å². The second kappa shape index (κ2) is 23.1. The smallest absolute Gasteiger partial charge is 0.171 e. The molecule has 0 amide bonds. The normalized spacial score (nSPS) is 15.5. The van der Waals surface area contributed by atoms with Gasteiger partial charge >= 0.3 is 0 Å². The first-order valence-corrected chi connectivity index (χ1v) is 40.4. The second-order valence-electron chi connectivity index (χ2n) is 30.3. The molecule has 4 aliphatic rings. The molecule has 2 unspecified atom stereocenters. The van der Waals surface area contributed by atoms with Crippen LogP contribution >= 0.6 is 7.14 Å². The number of benzene rings is 17. The summed E-state index contributed by atoms with van der Waals surface area (Å²) in [5, 5.41) is 14.2. The minimum absolute atomic E-state index is 0.648. The van der Waals surface area contributed by atoms with Gasteiger partial charge in [-0.2, -0.15) is 0 Å². The summed E-state index contributed by atoms with van der Waals surface area (Å²) in [6.07, 6.45) is 0. The molecule has 17 aromatic carbocycles. The lowest BCUT2D eigenvalue weighted by molar-refractivity contribution is 0.437. The third kappa shape index (κ3) is 8.11. The van der Waals surface area contributed by atoms with Gasteiger partial charge in [-0.25, -0.2) is 0 Å². The molecule has 0 fully saturated rings. The van der Waals surface area contributed by atoms with E-state index in [9.17, 15) is 0 Å². The van der Waals surface area contributed by atoms with Crippen molar-refractivity contribution in [2.24, 2.45) is 0 Å². The largest absolute Gasteiger partial charge is 0.456 e. The molecule has 0 N–H and O–H groups in total. The number of nitrogens with zero attached hydrogens (tertiary/aromatic N) is 4. The molecule has 0 aliphatic carbocycles. The molecule has 2 spiro atoms. The van der Waals surface area contributed by atoms with Gasteiger partial charge in [-0.1, -0.05) is 285 Å². The molecule has 0 bridgehead atoms. The van der Waals surface area contributed by atoms with Crippen LogP contribution in [0.3, 0.4) is 0 Å². The zero-order valence-corrected chi connectivity index (χ0v) is 61.6.